The van der Waals surface area contributed by atoms with Crippen LogP contribution >= 0.6 is 23.1 Å². The summed E-state index contributed by atoms with van der Waals surface area (Å²) < 4.78 is 23.5. The highest BCUT2D eigenvalue weighted by Crippen LogP contribution is 2.28. The van der Waals surface area contributed by atoms with E-state index in [0.29, 0.717) is 20.6 Å². The molecule has 3 rings (SSSR count). The van der Waals surface area contributed by atoms with Gasteiger partial charge in [-0.2, -0.15) is 0 Å². The van der Waals surface area contributed by atoms with Crippen LogP contribution in [0.1, 0.15) is 19.4 Å². The van der Waals surface area contributed by atoms with Crippen molar-refractivity contribution < 1.29 is 13.2 Å². The number of nitrogens with zero attached hydrogens (tertiary/aromatic N) is 1. The Morgan fingerprint density at radius 1 is 1.22 bits per heavy atom. The van der Waals surface area contributed by atoms with Gasteiger partial charge >= 0.3 is 0 Å². The number of primary sulfonamides is 1. The Morgan fingerprint density at radius 2 is 1.93 bits per heavy atom. The van der Waals surface area contributed by atoms with Crippen LogP contribution in [-0.4, -0.2) is 24.6 Å². The van der Waals surface area contributed by atoms with Crippen molar-refractivity contribution in [2.24, 2.45) is 5.14 Å². The van der Waals surface area contributed by atoms with Crippen molar-refractivity contribution in [3.8, 4) is 0 Å². The molecule has 0 aliphatic rings. The van der Waals surface area contributed by atoms with Crippen molar-refractivity contribution in [2.45, 2.75) is 35.3 Å². The molecule has 1 amide bonds. The lowest BCUT2D eigenvalue weighted by atomic mass is 10.1. The Kier molecular flexibility index (Phi) is 5.85. The third-order valence-corrected chi connectivity index (χ3v) is 6.45. The highest BCUT2D eigenvalue weighted by Gasteiger charge is 2.13. The van der Waals surface area contributed by atoms with Crippen molar-refractivity contribution >= 4 is 54.4 Å². The second-order valence-electron chi connectivity index (χ2n) is 6.23. The van der Waals surface area contributed by atoms with Gasteiger partial charge in [-0.05, 0) is 35.9 Å². The Hall–Kier alpha value is -1.94. The zero-order valence-electron chi connectivity index (χ0n) is 14.8. The molecule has 0 saturated carbocycles. The van der Waals surface area contributed by atoms with Crippen molar-refractivity contribution in [2.75, 3.05) is 5.32 Å². The molecule has 0 unspecified atom stereocenters. The predicted octanol–water partition coefficient (Wildman–Crippen LogP) is 3.63. The first-order valence-corrected chi connectivity index (χ1v) is 11.4. The minimum atomic E-state index is -3.77. The lowest BCUT2D eigenvalue weighted by molar-refractivity contribution is -0.115. The summed E-state index contributed by atoms with van der Waals surface area (Å²) in [6.45, 7) is 4.27. The van der Waals surface area contributed by atoms with Crippen LogP contribution in [0, 0.1) is 0 Å². The molecule has 3 aromatic rings. The molecule has 3 N–H and O–H groups in total. The van der Waals surface area contributed by atoms with Gasteiger partial charge in [-0.15, -0.1) is 11.8 Å². The Morgan fingerprint density at radius 3 is 2.56 bits per heavy atom. The third-order valence-electron chi connectivity index (χ3n) is 3.59. The number of hydrogen-bond donors (Lipinski definition) is 2. The number of sulfonamides is 1. The average Bonchev–Trinajstić information content (AvgIpc) is 2.96. The van der Waals surface area contributed by atoms with Crippen LogP contribution < -0.4 is 10.5 Å². The fourth-order valence-electron chi connectivity index (χ4n) is 2.44. The van der Waals surface area contributed by atoms with E-state index in [9.17, 15) is 13.2 Å². The number of thiazole rings is 1. The van der Waals surface area contributed by atoms with Gasteiger partial charge in [0.2, 0.25) is 15.9 Å². The molecule has 0 saturated heterocycles. The molecule has 27 heavy (non-hydrogen) atoms. The fourth-order valence-corrected chi connectivity index (χ4v) is 4.82. The van der Waals surface area contributed by atoms with Gasteiger partial charge < -0.3 is 5.32 Å². The van der Waals surface area contributed by atoms with Crippen molar-refractivity contribution in [3.05, 3.63) is 48.0 Å². The van der Waals surface area contributed by atoms with Gasteiger partial charge in [-0.3, -0.25) is 4.79 Å². The minimum Gasteiger partial charge on any atom is -0.302 e. The number of amides is 1. The van der Waals surface area contributed by atoms with E-state index >= 15 is 0 Å². The van der Waals surface area contributed by atoms with Gasteiger partial charge in [0.1, 0.15) is 0 Å². The Labute approximate surface area is 166 Å². The van der Waals surface area contributed by atoms with Gasteiger partial charge in [-0.25, -0.2) is 18.5 Å². The summed E-state index contributed by atoms with van der Waals surface area (Å²) >= 11 is 2.98. The first-order chi connectivity index (χ1) is 12.7. The highest BCUT2D eigenvalue weighted by atomic mass is 32.2. The second kappa shape index (κ2) is 7.97. The van der Waals surface area contributed by atoms with E-state index in [4.69, 9.17) is 5.14 Å². The lowest BCUT2D eigenvalue weighted by Crippen LogP contribution is -2.14. The van der Waals surface area contributed by atoms with E-state index < -0.39 is 10.0 Å². The van der Waals surface area contributed by atoms with Gasteiger partial charge in [0.05, 0.1) is 21.5 Å². The summed E-state index contributed by atoms with van der Waals surface area (Å²) in [5.41, 5.74) is 1.52. The largest absolute Gasteiger partial charge is 0.302 e. The number of thioether (sulfide) groups is 1. The topological polar surface area (TPSA) is 102 Å². The zero-order valence-corrected chi connectivity index (χ0v) is 17.2. The molecule has 6 nitrogen and oxygen atoms in total. The number of aromatic nitrogens is 1. The monoisotopic (exact) mass is 421 g/mol. The fraction of sp³-hybridized carbons (Fsp3) is 0.222. The summed E-state index contributed by atoms with van der Waals surface area (Å²) in [6.07, 6.45) is 0.241. The number of nitrogens with two attached hydrogens (primary N) is 1. The molecule has 1 heterocycles. The van der Waals surface area contributed by atoms with Crippen LogP contribution in [0.2, 0.25) is 0 Å². The summed E-state index contributed by atoms with van der Waals surface area (Å²) in [7, 11) is -3.77. The van der Waals surface area contributed by atoms with Crippen LogP contribution in [0.5, 0.6) is 0 Å². The van der Waals surface area contributed by atoms with Gasteiger partial charge in [0.15, 0.2) is 5.13 Å². The smallest absolute Gasteiger partial charge is 0.238 e. The maximum atomic E-state index is 12.3. The second-order valence-corrected chi connectivity index (χ2v) is 10.5. The number of nitrogens with one attached hydrogen (secondary N) is 1. The Bertz CT molecular complexity index is 1070. The van der Waals surface area contributed by atoms with Crippen LogP contribution in [0.25, 0.3) is 10.2 Å². The quantitative estimate of drug-likeness (QED) is 0.592. The molecule has 0 bridgehead atoms. The number of fused-ring (bicyclic) bond motifs is 1. The standard InChI is InChI=1S/C18H19N3O3S3/c1-11(2)25-13-5-3-12(4-6-13)9-17(22)21-18-20-15-8-7-14(27(19,23)24)10-16(15)26-18/h3-8,10-11H,9H2,1-2H3,(H2,19,23,24)(H,20,21,22). The van der Waals surface area contributed by atoms with Crippen LogP contribution in [0.4, 0.5) is 5.13 Å². The number of carbonyl (C=O) groups excluding carboxylic acids is 1. The Balaban J connectivity index is 1.68. The predicted molar refractivity (Wildman–Crippen MR) is 111 cm³/mol. The molecule has 142 valence electrons. The van der Waals surface area contributed by atoms with E-state index in [1.54, 1.807) is 17.8 Å². The van der Waals surface area contributed by atoms with Crippen LogP contribution in [0.15, 0.2) is 52.3 Å². The minimum absolute atomic E-state index is 0.0240. The van der Waals surface area contributed by atoms with E-state index in [0.717, 1.165) is 5.56 Å². The van der Waals surface area contributed by atoms with Crippen LogP contribution in [-0.2, 0) is 21.2 Å². The van der Waals surface area contributed by atoms with Gasteiger partial charge in [0, 0.05) is 10.1 Å². The van der Waals surface area contributed by atoms with Gasteiger partial charge in [0.25, 0.3) is 0 Å². The molecule has 1 aromatic heterocycles. The molecule has 0 aliphatic carbocycles. The van der Waals surface area contributed by atoms with Gasteiger partial charge in [-0.1, -0.05) is 37.3 Å². The SMILES string of the molecule is CC(C)Sc1ccc(CC(=O)Nc2nc3ccc(S(N)(=O)=O)cc3s2)cc1. The normalized spacial score (nSPS) is 11.9. The number of hydrogen-bond acceptors (Lipinski definition) is 6. The van der Waals surface area contributed by atoms with E-state index in [1.165, 1.54) is 28.4 Å². The van der Waals surface area contributed by atoms with E-state index in [-0.39, 0.29) is 17.2 Å². The molecule has 0 aliphatic heterocycles. The molecule has 0 atom stereocenters. The summed E-state index contributed by atoms with van der Waals surface area (Å²) in [4.78, 5) is 17.8. The maximum absolute atomic E-state index is 12.3. The zero-order chi connectivity index (χ0) is 19.6. The number of rotatable bonds is 6. The summed E-state index contributed by atoms with van der Waals surface area (Å²) in [6, 6.07) is 12.4. The number of carbonyl (C=O) groups is 1. The molecule has 2 aromatic carbocycles. The average molecular weight is 422 g/mol. The molecule has 0 radical (unpaired) electrons. The summed E-state index contributed by atoms with van der Waals surface area (Å²) in [5.74, 6) is -0.176. The van der Waals surface area contributed by atoms with E-state index in [1.807, 2.05) is 24.3 Å². The van der Waals surface area contributed by atoms with Crippen molar-refractivity contribution in [1.29, 1.82) is 0 Å². The summed E-state index contributed by atoms with van der Waals surface area (Å²) in [5, 5.41) is 8.84. The first-order valence-electron chi connectivity index (χ1n) is 8.19. The first kappa shape index (κ1) is 19.8. The highest BCUT2D eigenvalue weighted by molar-refractivity contribution is 7.99. The lowest BCUT2D eigenvalue weighted by Gasteiger charge is -2.06. The molecule has 9 heteroatoms. The van der Waals surface area contributed by atoms with E-state index in [2.05, 4.69) is 24.1 Å². The number of benzene rings is 2. The van der Waals surface area contributed by atoms with Crippen molar-refractivity contribution in [1.82, 2.24) is 4.98 Å². The molecule has 0 spiro atoms. The maximum Gasteiger partial charge on any atom is 0.238 e. The molecule has 0 fully saturated rings. The van der Waals surface area contributed by atoms with Crippen LogP contribution in [0.3, 0.4) is 0 Å². The third kappa shape index (κ3) is 5.29. The van der Waals surface area contributed by atoms with Crippen molar-refractivity contribution in [3.63, 3.8) is 0 Å². The number of anilines is 1. The molecular weight excluding hydrogens is 402 g/mol. The molecular formula is C18H19N3O3S3.